The fourth-order valence-corrected chi connectivity index (χ4v) is 2.49. The first-order valence-corrected chi connectivity index (χ1v) is 5.91. The maximum absolute atomic E-state index is 11.1. The molecule has 0 spiro atoms. The minimum absolute atomic E-state index is 0.172. The summed E-state index contributed by atoms with van der Waals surface area (Å²) in [6.07, 6.45) is 3.73. The second-order valence-electron chi connectivity index (χ2n) is 3.69. The number of carbonyl (C=O) groups is 1. The summed E-state index contributed by atoms with van der Waals surface area (Å²) in [6, 6.07) is 7.94. The van der Waals surface area contributed by atoms with Crippen LogP contribution in [0.2, 0.25) is 0 Å². The second-order valence-corrected chi connectivity index (χ2v) is 4.70. The molecule has 3 rings (SSSR count). The summed E-state index contributed by atoms with van der Waals surface area (Å²) in [5, 5.41) is 11.0. The summed E-state index contributed by atoms with van der Waals surface area (Å²) in [7, 11) is 0. The SMILES string of the molecule is N=C1NC(=O)SC1=Cc1c[nH]c2ccccc12. The van der Waals surface area contributed by atoms with Gasteiger partial charge in [0.25, 0.3) is 5.24 Å². The van der Waals surface area contributed by atoms with E-state index in [1.807, 2.05) is 36.5 Å². The summed E-state index contributed by atoms with van der Waals surface area (Å²) in [6.45, 7) is 0. The van der Waals surface area contributed by atoms with Gasteiger partial charge in [0, 0.05) is 22.7 Å². The highest BCUT2D eigenvalue weighted by atomic mass is 32.2. The molecule has 1 fully saturated rings. The van der Waals surface area contributed by atoms with Gasteiger partial charge in [0.2, 0.25) is 0 Å². The summed E-state index contributed by atoms with van der Waals surface area (Å²) in [4.78, 5) is 14.9. The van der Waals surface area contributed by atoms with Gasteiger partial charge >= 0.3 is 0 Å². The van der Waals surface area contributed by atoms with Gasteiger partial charge in [0.05, 0.1) is 4.91 Å². The van der Waals surface area contributed by atoms with E-state index in [0.29, 0.717) is 4.91 Å². The molecule has 1 saturated heterocycles. The Kier molecular flexibility index (Phi) is 2.26. The van der Waals surface area contributed by atoms with Gasteiger partial charge in [-0.1, -0.05) is 18.2 Å². The van der Waals surface area contributed by atoms with E-state index in [2.05, 4.69) is 10.3 Å². The minimum atomic E-state index is -0.193. The van der Waals surface area contributed by atoms with Crippen LogP contribution in [0.3, 0.4) is 0 Å². The quantitative estimate of drug-likeness (QED) is 0.720. The Balaban J connectivity index is 2.08. The molecule has 0 atom stereocenters. The number of aromatic nitrogens is 1. The lowest BCUT2D eigenvalue weighted by atomic mass is 10.1. The van der Waals surface area contributed by atoms with Crippen molar-refractivity contribution in [2.45, 2.75) is 0 Å². The van der Waals surface area contributed by atoms with Crippen molar-refractivity contribution >= 4 is 39.8 Å². The first kappa shape index (κ1) is 10.2. The Morgan fingerprint density at radius 3 is 2.88 bits per heavy atom. The third kappa shape index (κ3) is 1.74. The zero-order valence-corrected chi connectivity index (χ0v) is 9.60. The Hall–Kier alpha value is -2.01. The molecule has 1 amide bonds. The molecule has 5 heteroatoms. The van der Waals surface area contributed by atoms with Crippen molar-refractivity contribution in [1.82, 2.24) is 10.3 Å². The number of para-hydroxylation sites is 1. The van der Waals surface area contributed by atoms with Crippen LogP contribution in [0.15, 0.2) is 35.4 Å². The zero-order valence-electron chi connectivity index (χ0n) is 8.78. The first-order valence-electron chi connectivity index (χ1n) is 5.09. The van der Waals surface area contributed by atoms with E-state index in [4.69, 9.17) is 5.41 Å². The summed E-state index contributed by atoms with van der Waals surface area (Å²) in [5.74, 6) is 0.172. The summed E-state index contributed by atoms with van der Waals surface area (Å²) >= 11 is 1.05. The van der Waals surface area contributed by atoms with Crippen LogP contribution in [0.1, 0.15) is 5.56 Å². The molecule has 1 aromatic carbocycles. The Bertz CT molecular complexity index is 657. The standard InChI is InChI=1S/C12H9N3OS/c13-11-10(17-12(16)15-11)5-7-6-14-9-4-2-1-3-8(7)9/h1-6,14H,(H2,13,15,16). The number of nitrogens with one attached hydrogen (secondary N) is 3. The monoisotopic (exact) mass is 243 g/mol. The van der Waals surface area contributed by atoms with Gasteiger partial charge in [-0.15, -0.1) is 0 Å². The van der Waals surface area contributed by atoms with Crippen LogP contribution in [0.25, 0.3) is 17.0 Å². The number of rotatable bonds is 1. The van der Waals surface area contributed by atoms with E-state index in [9.17, 15) is 4.79 Å². The van der Waals surface area contributed by atoms with Crippen LogP contribution in [0, 0.1) is 5.41 Å². The first-order chi connectivity index (χ1) is 8.24. The number of hydrogen-bond donors (Lipinski definition) is 3. The fraction of sp³-hybridized carbons (Fsp3) is 0. The second kappa shape index (κ2) is 3.78. The molecular formula is C12H9N3OS. The molecule has 1 aliphatic rings. The van der Waals surface area contributed by atoms with Gasteiger partial charge in [-0.05, 0) is 23.9 Å². The van der Waals surface area contributed by atoms with Crippen molar-refractivity contribution < 1.29 is 4.79 Å². The van der Waals surface area contributed by atoms with Gasteiger partial charge in [0.15, 0.2) is 0 Å². The van der Waals surface area contributed by atoms with Crippen LogP contribution in [0.5, 0.6) is 0 Å². The predicted molar refractivity (Wildman–Crippen MR) is 70.1 cm³/mol. The van der Waals surface area contributed by atoms with Crippen molar-refractivity contribution in [2.24, 2.45) is 0 Å². The molecule has 0 aliphatic carbocycles. The van der Waals surface area contributed by atoms with Gasteiger partial charge in [-0.2, -0.15) is 0 Å². The number of amidine groups is 1. The predicted octanol–water partition coefficient (Wildman–Crippen LogP) is 2.94. The lowest BCUT2D eigenvalue weighted by Crippen LogP contribution is -2.17. The molecule has 1 aliphatic heterocycles. The molecule has 1 aromatic heterocycles. The number of benzene rings is 1. The van der Waals surface area contributed by atoms with Gasteiger partial charge in [-0.25, -0.2) is 0 Å². The molecule has 4 nitrogen and oxygen atoms in total. The lowest BCUT2D eigenvalue weighted by Gasteiger charge is -1.94. The number of carbonyl (C=O) groups excluding carboxylic acids is 1. The molecule has 0 radical (unpaired) electrons. The Morgan fingerprint density at radius 1 is 1.29 bits per heavy atom. The van der Waals surface area contributed by atoms with Gasteiger partial charge < -0.3 is 10.3 Å². The number of fused-ring (bicyclic) bond motifs is 1. The highest BCUT2D eigenvalue weighted by Gasteiger charge is 2.21. The normalized spacial score (nSPS) is 18.0. The lowest BCUT2D eigenvalue weighted by molar-refractivity contribution is 0.265. The molecular weight excluding hydrogens is 234 g/mol. The van der Waals surface area contributed by atoms with Crippen molar-refractivity contribution in [2.75, 3.05) is 0 Å². The van der Waals surface area contributed by atoms with E-state index in [1.54, 1.807) is 0 Å². The topological polar surface area (TPSA) is 68.7 Å². The maximum Gasteiger partial charge on any atom is 0.289 e. The van der Waals surface area contributed by atoms with Crippen LogP contribution in [0.4, 0.5) is 4.79 Å². The van der Waals surface area contributed by atoms with Crippen LogP contribution >= 0.6 is 11.8 Å². The smallest absolute Gasteiger partial charge is 0.289 e. The molecule has 0 unspecified atom stereocenters. The summed E-state index contributed by atoms with van der Waals surface area (Å²) < 4.78 is 0. The molecule has 3 N–H and O–H groups in total. The Labute approximate surface area is 102 Å². The van der Waals surface area contributed by atoms with Crippen LogP contribution in [-0.2, 0) is 0 Å². The van der Waals surface area contributed by atoms with E-state index in [0.717, 1.165) is 28.2 Å². The Morgan fingerprint density at radius 2 is 2.12 bits per heavy atom. The van der Waals surface area contributed by atoms with E-state index in [-0.39, 0.29) is 11.1 Å². The van der Waals surface area contributed by atoms with Crippen LogP contribution < -0.4 is 5.32 Å². The number of amides is 1. The third-order valence-corrected chi connectivity index (χ3v) is 3.41. The number of hydrogen-bond acceptors (Lipinski definition) is 3. The molecule has 17 heavy (non-hydrogen) atoms. The van der Waals surface area contributed by atoms with E-state index < -0.39 is 0 Å². The van der Waals surface area contributed by atoms with Crippen LogP contribution in [-0.4, -0.2) is 16.1 Å². The number of H-pyrrole nitrogens is 1. The fourth-order valence-electron chi connectivity index (χ4n) is 1.80. The molecule has 0 saturated carbocycles. The van der Waals surface area contributed by atoms with Crippen molar-refractivity contribution in [1.29, 1.82) is 5.41 Å². The molecule has 84 valence electrons. The molecule has 2 heterocycles. The van der Waals surface area contributed by atoms with Gasteiger partial charge in [-0.3, -0.25) is 10.2 Å². The largest absolute Gasteiger partial charge is 0.361 e. The number of thioether (sulfide) groups is 1. The van der Waals surface area contributed by atoms with Gasteiger partial charge in [0.1, 0.15) is 5.84 Å². The van der Waals surface area contributed by atoms with E-state index >= 15 is 0 Å². The van der Waals surface area contributed by atoms with E-state index in [1.165, 1.54) is 0 Å². The average Bonchev–Trinajstić information content (AvgIpc) is 2.85. The van der Waals surface area contributed by atoms with Crippen molar-refractivity contribution in [3.8, 4) is 0 Å². The minimum Gasteiger partial charge on any atom is -0.361 e. The van der Waals surface area contributed by atoms with Crippen molar-refractivity contribution in [3.63, 3.8) is 0 Å². The number of aromatic amines is 1. The van der Waals surface area contributed by atoms with Crippen molar-refractivity contribution in [3.05, 3.63) is 40.9 Å². The zero-order chi connectivity index (χ0) is 11.8. The maximum atomic E-state index is 11.1. The highest BCUT2D eigenvalue weighted by Crippen LogP contribution is 2.28. The average molecular weight is 243 g/mol. The summed E-state index contributed by atoms with van der Waals surface area (Å²) in [5.41, 5.74) is 2.04. The third-order valence-electron chi connectivity index (χ3n) is 2.58. The molecule has 0 bridgehead atoms. The molecule has 2 aromatic rings. The highest BCUT2D eigenvalue weighted by molar-refractivity contribution is 8.18.